The predicted molar refractivity (Wildman–Crippen MR) is 81.1 cm³/mol. The molecule has 2 aromatic rings. The van der Waals surface area contributed by atoms with Crippen LogP contribution in [0.15, 0.2) is 48.5 Å². The molecule has 0 saturated carbocycles. The van der Waals surface area contributed by atoms with Gasteiger partial charge in [-0.1, -0.05) is 0 Å². The van der Waals surface area contributed by atoms with Crippen molar-refractivity contribution >= 4 is 17.5 Å². The zero-order valence-corrected chi connectivity index (χ0v) is 11.7. The monoisotopic (exact) mass is 299 g/mol. The Labute approximate surface area is 126 Å². The maximum atomic E-state index is 12.0. The van der Waals surface area contributed by atoms with Gasteiger partial charge in [-0.05, 0) is 42.5 Å². The molecule has 0 saturated heterocycles. The SMILES string of the molecule is COc1ccc(C(=O)/C=C/c2ccc([N+](=O)[O-])cc2O)cc1. The standard InChI is InChI=1S/C16H13NO5/c1-22-14-7-3-11(4-8-14)15(18)9-5-12-2-6-13(17(20)21)10-16(12)19/h2-10,19H,1H3/b9-5+. The molecular weight excluding hydrogens is 286 g/mol. The number of nitrogens with zero attached hydrogens (tertiary/aromatic N) is 1. The van der Waals surface area contributed by atoms with Crippen molar-refractivity contribution < 1.29 is 19.6 Å². The van der Waals surface area contributed by atoms with Crippen LogP contribution in [0, 0.1) is 10.1 Å². The fourth-order valence-electron chi connectivity index (χ4n) is 1.80. The number of carbonyl (C=O) groups is 1. The number of methoxy groups -OCH3 is 1. The Hall–Kier alpha value is -3.15. The number of phenols is 1. The number of ether oxygens (including phenoxy) is 1. The van der Waals surface area contributed by atoms with Gasteiger partial charge in [-0.3, -0.25) is 14.9 Å². The third-order valence-electron chi connectivity index (χ3n) is 3.01. The van der Waals surface area contributed by atoms with Crippen LogP contribution < -0.4 is 4.74 Å². The Morgan fingerprint density at radius 3 is 2.45 bits per heavy atom. The first-order valence-corrected chi connectivity index (χ1v) is 6.35. The summed E-state index contributed by atoms with van der Waals surface area (Å²) in [5, 5.41) is 20.3. The summed E-state index contributed by atoms with van der Waals surface area (Å²) in [4.78, 5) is 22.0. The van der Waals surface area contributed by atoms with E-state index in [-0.39, 0.29) is 17.2 Å². The molecule has 0 bridgehead atoms. The van der Waals surface area contributed by atoms with Crippen molar-refractivity contribution in [3.63, 3.8) is 0 Å². The minimum atomic E-state index is -0.601. The number of non-ortho nitro benzene ring substituents is 1. The Morgan fingerprint density at radius 1 is 1.23 bits per heavy atom. The molecule has 2 aromatic carbocycles. The van der Waals surface area contributed by atoms with E-state index in [0.717, 1.165) is 6.07 Å². The minimum absolute atomic E-state index is 0.212. The zero-order chi connectivity index (χ0) is 16.1. The number of nitro benzene ring substituents is 1. The highest BCUT2D eigenvalue weighted by atomic mass is 16.6. The van der Waals surface area contributed by atoms with E-state index in [4.69, 9.17) is 4.74 Å². The number of phenolic OH excluding ortho intramolecular Hbond substituents is 1. The number of rotatable bonds is 5. The fourth-order valence-corrected chi connectivity index (χ4v) is 1.80. The summed E-state index contributed by atoms with van der Waals surface area (Å²) in [6, 6.07) is 10.3. The third kappa shape index (κ3) is 3.49. The van der Waals surface area contributed by atoms with Crippen LogP contribution in [-0.2, 0) is 0 Å². The summed E-state index contributed by atoms with van der Waals surface area (Å²) in [7, 11) is 1.54. The quantitative estimate of drug-likeness (QED) is 0.396. The molecule has 0 fully saturated rings. The van der Waals surface area contributed by atoms with Crippen molar-refractivity contribution in [1.82, 2.24) is 0 Å². The molecule has 6 nitrogen and oxygen atoms in total. The lowest BCUT2D eigenvalue weighted by Gasteiger charge is -2.01. The second-order valence-corrected chi connectivity index (χ2v) is 4.43. The topological polar surface area (TPSA) is 89.7 Å². The van der Waals surface area contributed by atoms with Gasteiger partial charge in [-0.15, -0.1) is 0 Å². The largest absolute Gasteiger partial charge is 0.507 e. The molecule has 2 rings (SSSR count). The average molecular weight is 299 g/mol. The van der Waals surface area contributed by atoms with Crippen molar-refractivity contribution in [3.05, 3.63) is 69.8 Å². The Kier molecular flexibility index (Phi) is 4.53. The van der Waals surface area contributed by atoms with Gasteiger partial charge in [0, 0.05) is 17.2 Å². The molecule has 0 aliphatic rings. The minimum Gasteiger partial charge on any atom is -0.507 e. The number of allylic oxidation sites excluding steroid dienone is 1. The first-order chi connectivity index (χ1) is 10.5. The summed E-state index contributed by atoms with van der Waals surface area (Å²) in [5.41, 5.74) is 0.585. The van der Waals surface area contributed by atoms with Crippen molar-refractivity contribution in [1.29, 1.82) is 0 Å². The van der Waals surface area contributed by atoms with Gasteiger partial charge in [0.25, 0.3) is 5.69 Å². The van der Waals surface area contributed by atoms with Crippen LogP contribution in [0.5, 0.6) is 11.5 Å². The average Bonchev–Trinajstić information content (AvgIpc) is 2.53. The molecule has 0 atom stereocenters. The lowest BCUT2D eigenvalue weighted by atomic mass is 10.1. The highest BCUT2D eigenvalue weighted by molar-refractivity contribution is 6.07. The van der Waals surface area contributed by atoms with Crippen LogP contribution in [0.3, 0.4) is 0 Å². The van der Waals surface area contributed by atoms with E-state index in [1.807, 2.05) is 0 Å². The number of benzene rings is 2. The van der Waals surface area contributed by atoms with Crippen molar-refractivity contribution in [2.45, 2.75) is 0 Å². The molecule has 0 heterocycles. The summed E-state index contributed by atoms with van der Waals surface area (Å²) < 4.78 is 5.01. The lowest BCUT2D eigenvalue weighted by Crippen LogP contribution is -1.94. The van der Waals surface area contributed by atoms with Crippen molar-refractivity contribution in [2.75, 3.05) is 7.11 Å². The number of ketones is 1. The van der Waals surface area contributed by atoms with Crippen molar-refractivity contribution in [3.8, 4) is 11.5 Å². The molecule has 0 radical (unpaired) electrons. The highest BCUT2D eigenvalue weighted by Gasteiger charge is 2.09. The van der Waals surface area contributed by atoms with Gasteiger partial charge < -0.3 is 9.84 Å². The second kappa shape index (κ2) is 6.53. The summed E-state index contributed by atoms with van der Waals surface area (Å²) in [5.74, 6) is 0.141. The van der Waals surface area contributed by atoms with E-state index < -0.39 is 4.92 Å². The molecule has 0 aliphatic heterocycles. The Balaban J connectivity index is 2.16. The third-order valence-corrected chi connectivity index (χ3v) is 3.01. The molecule has 0 amide bonds. The van der Waals surface area contributed by atoms with Crippen LogP contribution in [0.2, 0.25) is 0 Å². The molecule has 0 unspecified atom stereocenters. The normalized spacial score (nSPS) is 10.6. The molecule has 112 valence electrons. The van der Waals surface area contributed by atoms with E-state index >= 15 is 0 Å². The maximum absolute atomic E-state index is 12.0. The number of hydrogen-bond acceptors (Lipinski definition) is 5. The van der Waals surface area contributed by atoms with E-state index in [2.05, 4.69) is 0 Å². The van der Waals surface area contributed by atoms with E-state index in [1.54, 1.807) is 24.3 Å². The summed E-state index contributed by atoms with van der Waals surface area (Å²) in [6.45, 7) is 0. The number of hydrogen-bond donors (Lipinski definition) is 1. The lowest BCUT2D eigenvalue weighted by molar-refractivity contribution is -0.384. The number of aromatic hydroxyl groups is 1. The number of carbonyl (C=O) groups excluding carboxylic acids is 1. The second-order valence-electron chi connectivity index (χ2n) is 4.43. The predicted octanol–water partition coefficient (Wildman–Crippen LogP) is 3.21. The Bertz CT molecular complexity index is 735. The first kappa shape index (κ1) is 15.2. The van der Waals surface area contributed by atoms with Crippen LogP contribution in [0.25, 0.3) is 6.08 Å². The summed E-state index contributed by atoms with van der Waals surface area (Å²) >= 11 is 0. The van der Waals surface area contributed by atoms with Gasteiger partial charge in [0.1, 0.15) is 11.5 Å². The van der Waals surface area contributed by atoms with E-state index in [0.29, 0.717) is 16.9 Å². The summed E-state index contributed by atoms with van der Waals surface area (Å²) in [6.07, 6.45) is 2.70. The first-order valence-electron chi connectivity index (χ1n) is 6.35. The van der Waals surface area contributed by atoms with Gasteiger partial charge in [0.15, 0.2) is 5.78 Å². The zero-order valence-electron chi connectivity index (χ0n) is 11.7. The maximum Gasteiger partial charge on any atom is 0.273 e. The van der Waals surface area contributed by atoms with Gasteiger partial charge in [-0.25, -0.2) is 0 Å². The van der Waals surface area contributed by atoms with Crippen LogP contribution in [0.4, 0.5) is 5.69 Å². The van der Waals surface area contributed by atoms with Gasteiger partial charge in [-0.2, -0.15) is 0 Å². The fraction of sp³-hybridized carbons (Fsp3) is 0.0625. The van der Waals surface area contributed by atoms with Crippen LogP contribution >= 0.6 is 0 Å². The van der Waals surface area contributed by atoms with Gasteiger partial charge in [0.2, 0.25) is 0 Å². The van der Waals surface area contributed by atoms with Gasteiger partial charge in [0.05, 0.1) is 18.1 Å². The van der Waals surface area contributed by atoms with Crippen LogP contribution in [-0.4, -0.2) is 22.9 Å². The molecule has 6 heteroatoms. The highest BCUT2D eigenvalue weighted by Crippen LogP contribution is 2.24. The molecule has 0 aliphatic carbocycles. The Morgan fingerprint density at radius 2 is 1.91 bits per heavy atom. The van der Waals surface area contributed by atoms with E-state index in [1.165, 1.54) is 31.4 Å². The van der Waals surface area contributed by atoms with Gasteiger partial charge >= 0.3 is 0 Å². The molecule has 0 aromatic heterocycles. The molecule has 0 spiro atoms. The smallest absolute Gasteiger partial charge is 0.273 e. The molecular formula is C16H13NO5. The van der Waals surface area contributed by atoms with E-state index in [9.17, 15) is 20.0 Å². The number of nitro groups is 1. The molecule has 22 heavy (non-hydrogen) atoms. The molecule has 1 N–H and O–H groups in total. The van der Waals surface area contributed by atoms with Crippen LogP contribution in [0.1, 0.15) is 15.9 Å². The van der Waals surface area contributed by atoms with Crippen molar-refractivity contribution in [2.24, 2.45) is 0 Å².